The third kappa shape index (κ3) is 5.27. The molecule has 2 aromatic carbocycles. The van der Waals surface area contributed by atoms with Crippen LogP contribution in [0.25, 0.3) is 0 Å². The van der Waals surface area contributed by atoms with Gasteiger partial charge in [-0.1, -0.05) is 26.0 Å². The molecule has 220 valence electrons. The summed E-state index contributed by atoms with van der Waals surface area (Å²) in [4.78, 5) is 37.7. The first-order valence-corrected chi connectivity index (χ1v) is 14.6. The predicted molar refractivity (Wildman–Crippen MR) is 159 cm³/mol. The van der Waals surface area contributed by atoms with Crippen LogP contribution < -0.4 is 10.2 Å². The lowest BCUT2D eigenvalue weighted by molar-refractivity contribution is -0.120. The molecule has 0 saturated carbocycles. The van der Waals surface area contributed by atoms with Gasteiger partial charge in [-0.2, -0.15) is 0 Å². The second-order valence-electron chi connectivity index (χ2n) is 12.7. The fourth-order valence-electron chi connectivity index (χ4n) is 6.61. The molecule has 0 aliphatic carbocycles. The molecule has 3 aromatic rings. The highest BCUT2D eigenvalue weighted by atomic mass is 19.1. The van der Waals surface area contributed by atoms with Crippen molar-refractivity contribution in [2.45, 2.75) is 58.2 Å². The molecule has 2 atom stereocenters. The first kappa shape index (κ1) is 28.3. The number of carbonyl (C=O) groups excluding carboxylic acids is 2. The number of phenols is 1. The minimum absolute atomic E-state index is 0.00603. The number of anilines is 1. The van der Waals surface area contributed by atoms with Gasteiger partial charge in [-0.05, 0) is 67.3 Å². The average Bonchev–Trinajstić information content (AvgIpc) is 3.40. The van der Waals surface area contributed by atoms with Crippen LogP contribution in [0.15, 0.2) is 48.7 Å². The van der Waals surface area contributed by atoms with E-state index in [0.29, 0.717) is 50.3 Å². The van der Waals surface area contributed by atoms with Crippen LogP contribution >= 0.6 is 0 Å². The van der Waals surface area contributed by atoms with Crippen LogP contribution in [0.3, 0.4) is 0 Å². The maximum atomic E-state index is 14.0. The van der Waals surface area contributed by atoms with E-state index in [1.807, 2.05) is 18.0 Å². The smallest absolute Gasteiger partial charge is 0.254 e. The van der Waals surface area contributed by atoms with Gasteiger partial charge in [0.1, 0.15) is 11.6 Å². The lowest BCUT2D eigenvalue weighted by Crippen LogP contribution is -2.60. The Kier molecular flexibility index (Phi) is 7.27. The standard InChI is InChI=1S/C33H38FN5O3/c1-20-10-24(34)9-8-23(20)11-22-12-28-31(36-13-22)33(3,4)19-39(28)30(41)18-37-15-21(2)35-14-25(37)16-38-17-27-26(32(38)42)6-5-7-29(27)40/h5-10,12-13,21,25,35,40H,11,14-19H2,1-4H3/t21-,25-/m1/s1. The number of carbonyl (C=O) groups is 2. The molecule has 2 N–H and O–H groups in total. The van der Waals surface area contributed by atoms with Gasteiger partial charge in [0.15, 0.2) is 0 Å². The van der Waals surface area contributed by atoms with Crippen molar-refractivity contribution in [1.29, 1.82) is 0 Å². The summed E-state index contributed by atoms with van der Waals surface area (Å²) in [5.41, 5.74) is 5.55. The van der Waals surface area contributed by atoms with Crippen molar-refractivity contribution in [2.75, 3.05) is 37.6 Å². The molecule has 9 heteroatoms. The van der Waals surface area contributed by atoms with Crippen LogP contribution in [0.2, 0.25) is 0 Å². The van der Waals surface area contributed by atoms with Gasteiger partial charge in [0.25, 0.3) is 5.91 Å². The number of aromatic nitrogens is 1. The molecular weight excluding hydrogens is 533 g/mol. The highest BCUT2D eigenvalue weighted by Gasteiger charge is 2.41. The summed E-state index contributed by atoms with van der Waals surface area (Å²) in [6.45, 7) is 11.2. The average molecular weight is 572 g/mol. The lowest BCUT2D eigenvalue weighted by Gasteiger charge is -2.41. The van der Waals surface area contributed by atoms with Gasteiger partial charge < -0.3 is 20.2 Å². The van der Waals surface area contributed by atoms with E-state index >= 15 is 0 Å². The van der Waals surface area contributed by atoms with E-state index in [0.717, 1.165) is 28.1 Å². The second kappa shape index (κ2) is 10.8. The maximum absolute atomic E-state index is 14.0. The summed E-state index contributed by atoms with van der Waals surface area (Å²) >= 11 is 0. The molecule has 0 unspecified atom stereocenters. The Morgan fingerprint density at radius 1 is 1.21 bits per heavy atom. The number of piperazine rings is 1. The lowest BCUT2D eigenvalue weighted by atomic mass is 9.91. The molecule has 6 rings (SSSR count). The zero-order valence-electron chi connectivity index (χ0n) is 24.7. The van der Waals surface area contributed by atoms with Crippen molar-refractivity contribution in [2.24, 2.45) is 0 Å². The van der Waals surface area contributed by atoms with Crippen molar-refractivity contribution in [3.05, 3.63) is 88.0 Å². The van der Waals surface area contributed by atoms with Crippen LogP contribution in [-0.2, 0) is 23.2 Å². The molecule has 1 fully saturated rings. The number of halogens is 1. The number of hydrogen-bond donors (Lipinski definition) is 2. The van der Waals surface area contributed by atoms with Crippen LogP contribution in [0.5, 0.6) is 5.75 Å². The van der Waals surface area contributed by atoms with Crippen LogP contribution in [0, 0.1) is 12.7 Å². The zero-order chi connectivity index (χ0) is 29.8. The molecule has 1 aromatic heterocycles. The molecule has 42 heavy (non-hydrogen) atoms. The Morgan fingerprint density at radius 2 is 2.02 bits per heavy atom. The highest BCUT2D eigenvalue weighted by Crippen LogP contribution is 2.40. The number of nitrogens with zero attached hydrogens (tertiary/aromatic N) is 4. The highest BCUT2D eigenvalue weighted by molar-refractivity contribution is 5.99. The van der Waals surface area contributed by atoms with Crippen molar-refractivity contribution in [1.82, 2.24) is 20.1 Å². The van der Waals surface area contributed by atoms with E-state index < -0.39 is 0 Å². The topological polar surface area (TPSA) is 89.0 Å². The van der Waals surface area contributed by atoms with Crippen molar-refractivity contribution in [3.63, 3.8) is 0 Å². The van der Waals surface area contributed by atoms with Gasteiger partial charge in [-0.3, -0.25) is 19.5 Å². The minimum atomic E-state index is -0.290. The fraction of sp³-hybridized carbons (Fsp3) is 0.424. The van der Waals surface area contributed by atoms with E-state index in [4.69, 9.17) is 4.98 Å². The first-order chi connectivity index (χ1) is 20.0. The number of rotatable bonds is 6. The molecular formula is C33H38FN5O3. The van der Waals surface area contributed by atoms with Crippen LogP contribution in [0.4, 0.5) is 10.1 Å². The van der Waals surface area contributed by atoms with Crippen molar-refractivity contribution >= 4 is 17.5 Å². The molecule has 3 aliphatic heterocycles. The number of hydrogen-bond acceptors (Lipinski definition) is 6. The summed E-state index contributed by atoms with van der Waals surface area (Å²) in [5, 5.41) is 13.8. The fourth-order valence-corrected chi connectivity index (χ4v) is 6.61. The minimum Gasteiger partial charge on any atom is -0.508 e. The summed E-state index contributed by atoms with van der Waals surface area (Å²) in [6.07, 6.45) is 2.47. The molecule has 8 nitrogen and oxygen atoms in total. The number of phenolic OH excluding ortho intramolecular Hbond substituents is 1. The number of amides is 2. The van der Waals surface area contributed by atoms with E-state index in [1.165, 1.54) is 12.1 Å². The molecule has 1 saturated heterocycles. The van der Waals surface area contributed by atoms with Crippen LogP contribution in [0.1, 0.15) is 59.1 Å². The normalized spacial score (nSPS) is 21.5. The number of pyridine rings is 1. The predicted octanol–water partition coefficient (Wildman–Crippen LogP) is 3.77. The summed E-state index contributed by atoms with van der Waals surface area (Å²) < 4.78 is 13.7. The van der Waals surface area contributed by atoms with E-state index in [2.05, 4.69) is 37.1 Å². The molecule has 0 spiro atoms. The first-order valence-electron chi connectivity index (χ1n) is 14.6. The molecule has 0 bridgehead atoms. The number of fused-ring (bicyclic) bond motifs is 2. The SMILES string of the molecule is Cc1cc(F)ccc1Cc1cnc2c(c1)N(C(=O)CN1C[C@@H](C)NC[C@@H]1CN1Cc3c(O)cccc3C1=O)CC2(C)C. The molecule has 4 heterocycles. The quantitative estimate of drug-likeness (QED) is 0.469. The third-order valence-electron chi connectivity index (χ3n) is 8.92. The Morgan fingerprint density at radius 3 is 2.79 bits per heavy atom. The van der Waals surface area contributed by atoms with Gasteiger partial charge in [0, 0.05) is 61.0 Å². The van der Waals surface area contributed by atoms with Gasteiger partial charge in [0.05, 0.1) is 24.5 Å². The molecule has 3 aliphatic rings. The van der Waals surface area contributed by atoms with Gasteiger partial charge in [-0.15, -0.1) is 0 Å². The molecule has 0 radical (unpaired) electrons. The monoisotopic (exact) mass is 571 g/mol. The second-order valence-corrected chi connectivity index (χ2v) is 12.7. The third-order valence-corrected chi connectivity index (χ3v) is 8.92. The van der Waals surface area contributed by atoms with E-state index in [9.17, 15) is 19.1 Å². The van der Waals surface area contributed by atoms with E-state index in [-0.39, 0.29) is 47.4 Å². The Bertz CT molecular complexity index is 1560. The number of aryl methyl sites for hydroxylation is 1. The summed E-state index contributed by atoms with van der Waals surface area (Å²) in [7, 11) is 0. The number of aromatic hydroxyl groups is 1. The van der Waals surface area contributed by atoms with Crippen molar-refractivity contribution in [3.8, 4) is 5.75 Å². The number of benzene rings is 2. The summed E-state index contributed by atoms with van der Waals surface area (Å²) in [6, 6.07) is 12.1. The van der Waals surface area contributed by atoms with Gasteiger partial charge >= 0.3 is 0 Å². The Labute approximate surface area is 246 Å². The Hall–Kier alpha value is -3.82. The van der Waals surface area contributed by atoms with Crippen LogP contribution in [-0.4, -0.2) is 76.5 Å². The molecule has 2 amide bonds. The van der Waals surface area contributed by atoms with Gasteiger partial charge in [-0.25, -0.2) is 4.39 Å². The van der Waals surface area contributed by atoms with Gasteiger partial charge in [0.2, 0.25) is 5.91 Å². The largest absolute Gasteiger partial charge is 0.508 e. The zero-order valence-corrected chi connectivity index (χ0v) is 24.7. The van der Waals surface area contributed by atoms with E-state index in [1.54, 1.807) is 29.2 Å². The summed E-state index contributed by atoms with van der Waals surface area (Å²) in [5.74, 6) is -0.189. The Balaban J connectivity index is 1.20. The van der Waals surface area contributed by atoms with Crippen molar-refractivity contribution < 1.29 is 19.1 Å². The maximum Gasteiger partial charge on any atom is 0.254 e. The number of nitrogens with one attached hydrogen (secondary N) is 1.